The highest BCUT2D eigenvalue weighted by Gasteiger charge is 2.38. The molecule has 1 aliphatic carbocycles. The maximum atomic E-state index is 14.0. The molecule has 2 aromatic heterocycles. The first-order valence-corrected chi connectivity index (χ1v) is 13.6. The molecule has 0 spiro atoms. The van der Waals surface area contributed by atoms with Gasteiger partial charge < -0.3 is 14.9 Å². The Morgan fingerprint density at radius 1 is 1.06 bits per heavy atom. The van der Waals surface area contributed by atoms with Crippen molar-refractivity contribution in [1.82, 2.24) is 14.9 Å². The highest BCUT2D eigenvalue weighted by atomic mass is 32.1. The van der Waals surface area contributed by atoms with E-state index in [1.807, 2.05) is 6.07 Å². The summed E-state index contributed by atoms with van der Waals surface area (Å²) in [4.78, 5) is 52.0. The first kappa shape index (κ1) is 26.3. The quantitative estimate of drug-likeness (QED) is 0.605. The van der Waals surface area contributed by atoms with Crippen molar-refractivity contribution in [2.45, 2.75) is 77.7 Å². The van der Waals surface area contributed by atoms with Crippen molar-refractivity contribution in [3.8, 4) is 0 Å². The van der Waals surface area contributed by atoms with Gasteiger partial charge in [-0.15, -0.1) is 11.3 Å². The van der Waals surface area contributed by atoms with Gasteiger partial charge in [0, 0.05) is 42.3 Å². The number of hydrogen-bond donors (Lipinski definition) is 1. The van der Waals surface area contributed by atoms with E-state index in [-0.39, 0.29) is 34.1 Å². The average Bonchev–Trinajstić information content (AvgIpc) is 3.31. The minimum Gasteiger partial charge on any atom is -0.477 e. The molecule has 8 nitrogen and oxygen atoms in total. The van der Waals surface area contributed by atoms with Crippen LogP contribution in [0.1, 0.15) is 91.3 Å². The van der Waals surface area contributed by atoms with Crippen LogP contribution in [-0.2, 0) is 10.2 Å². The van der Waals surface area contributed by atoms with E-state index in [4.69, 9.17) is 0 Å². The molecular formula is C27H36N4O4S. The number of carbonyl (C=O) groups is 3. The van der Waals surface area contributed by atoms with Gasteiger partial charge in [0.1, 0.15) is 10.6 Å². The van der Waals surface area contributed by atoms with Crippen LogP contribution in [0.25, 0.3) is 0 Å². The first-order valence-electron chi connectivity index (χ1n) is 12.8. The summed E-state index contributed by atoms with van der Waals surface area (Å²) >= 11 is 1.26. The fourth-order valence-corrected chi connectivity index (χ4v) is 6.23. The lowest BCUT2D eigenvalue weighted by Crippen LogP contribution is -2.51. The Labute approximate surface area is 216 Å². The number of carboxylic acid groups (broad SMARTS) is 1. The standard InChI is InChI=1S/C27H36N4O4S/c1-17-5-7-18(8-6-17)24(32)31(21-15-22(27(2,3)4)36-23(21)26(34)35)19-9-13-30(14-10-19)25(33)20-16-28-11-12-29-20/h11-12,15-19H,5-10,13-14H2,1-4H3,(H,34,35). The number of aromatic carboxylic acids is 1. The van der Waals surface area contributed by atoms with Crippen molar-refractivity contribution in [2.24, 2.45) is 11.8 Å². The number of aromatic nitrogens is 2. The number of thiophene rings is 1. The SMILES string of the molecule is CC1CCC(C(=O)N(c2cc(C(C)(C)C)sc2C(=O)O)C2CCN(C(=O)c3cnccn3)CC2)CC1. The van der Waals surface area contributed by atoms with Gasteiger partial charge in [-0.2, -0.15) is 0 Å². The lowest BCUT2D eigenvalue weighted by atomic mass is 9.82. The second-order valence-corrected chi connectivity index (χ2v) is 12.2. The molecule has 2 fully saturated rings. The molecule has 0 atom stereocenters. The summed E-state index contributed by atoms with van der Waals surface area (Å²) in [6.07, 6.45) is 9.36. The third-order valence-corrected chi connectivity index (χ3v) is 8.95. The normalized spacial score (nSPS) is 21.3. The minimum absolute atomic E-state index is 0.0290. The fourth-order valence-electron chi connectivity index (χ4n) is 5.18. The van der Waals surface area contributed by atoms with E-state index in [1.54, 1.807) is 9.80 Å². The Morgan fingerprint density at radius 2 is 1.72 bits per heavy atom. The average molecular weight is 513 g/mol. The van der Waals surface area contributed by atoms with Crippen molar-refractivity contribution >= 4 is 34.8 Å². The molecule has 9 heteroatoms. The predicted octanol–water partition coefficient (Wildman–Crippen LogP) is 5.00. The van der Waals surface area contributed by atoms with Gasteiger partial charge in [0.15, 0.2) is 0 Å². The molecule has 1 aliphatic heterocycles. The van der Waals surface area contributed by atoms with Gasteiger partial charge in [0.25, 0.3) is 5.91 Å². The Kier molecular flexibility index (Phi) is 7.78. The molecule has 1 N–H and O–H groups in total. The first-order chi connectivity index (χ1) is 17.1. The van der Waals surface area contributed by atoms with Gasteiger partial charge in [-0.3, -0.25) is 14.6 Å². The molecule has 1 saturated carbocycles. The van der Waals surface area contributed by atoms with E-state index in [1.165, 1.54) is 29.9 Å². The number of anilines is 1. The van der Waals surface area contributed by atoms with Crippen LogP contribution in [0.4, 0.5) is 5.69 Å². The van der Waals surface area contributed by atoms with Crippen LogP contribution in [0.2, 0.25) is 0 Å². The van der Waals surface area contributed by atoms with Gasteiger partial charge >= 0.3 is 5.97 Å². The van der Waals surface area contributed by atoms with Gasteiger partial charge in [-0.25, -0.2) is 9.78 Å². The fraction of sp³-hybridized carbons (Fsp3) is 0.593. The summed E-state index contributed by atoms with van der Waals surface area (Å²) < 4.78 is 0. The van der Waals surface area contributed by atoms with E-state index in [0.717, 1.165) is 30.6 Å². The number of likely N-dealkylation sites (tertiary alicyclic amines) is 1. The Balaban J connectivity index is 1.62. The Morgan fingerprint density at radius 3 is 2.28 bits per heavy atom. The maximum absolute atomic E-state index is 14.0. The molecular weight excluding hydrogens is 476 g/mol. The zero-order valence-corrected chi connectivity index (χ0v) is 22.4. The molecule has 0 radical (unpaired) electrons. The lowest BCUT2D eigenvalue weighted by Gasteiger charge is -2.40. The second-order valence-electron chi connectivity index (χ2n) is 11.2. The number of carbonyl (C=O) groups excluding carboxylic acids is 2. The second kappa shape index (κ2) is 10.7. The van der Waals surface area contributed by atoms with Crippen LogP contribution in [0.5, 0.6) is 0 Å². The lowest BCUT2D eigenvalue weighted by molar-refractivity contribution is -0.124. The predicted molar refractivity (Wildman–Crippen MR) is 140 cm³/mol. The smallest absolute Gasteiger partial charge is 0.348 e. The molecule has 2 aromatic rings. The molecule has 36 heavy (non-hydrogen) atoms. The van der Waals surface area contributed by atoms with E-state index >= 15 is 0 Å². The van der Waals surface area contributed by atoms with Crippen molar-refractivity contribution in [1.29, 1.82) is 0 Å². The molecule has 4 rings (SSSR count). The number of hydrogen-bond acceptors (Lipinski definition) is 6. The number of carboxylic acids is 1. The summed E-state index contributed by atoms with van der Waals surface area (Å²) in [6, 6.07) is 1.75. The Hall–Kier alpha value is -2.81. The maximum Gasteiger partial charge on any atom is 0.348 e. The third kappa shape index (κ3) is 5.61. The monoisotopic (exact) mass is 512 g/mol. The van der Waals surface area contributed by atoms with Crippen molar-refractivity contribution < 1.29 is 19.5 Å². The number of piperidine rings is 1. The molecule has 0 bridgehead atoms. The van der Waals surface area contributed by atoms with Gasteiger partial charge in [-0.05, 0) is 55.9 Å². The molecule has 2 amide bonds. The van der Waals surface area contributed by atoms with E-state index in [0.29, 0.717) is 43.2 Å². The minimum atomic E-state index is -1.00. The zero-order valence-electron chi connectivity index (χ0n) is 21.6. The van der Waals surface area contributed by atoms with E-state index in [2.05, 4.69) is 37.7 Å². The Bertz CT molecular complexity index is 1090. The van der Waals surface area contributed by atoms with E-state index < -0.39 is 5.97 Å². The third-order valence-electron chi connectivity index (χ3n) is 7.41. The van der Waals surface area contributed by atoms with Gasteiger partial charge in [0.05, 0.1) is 11.9 Å². The van der Waals surface area contributed by atoms with E-state index in [9.17, 15) is 19.5 Å². The van der Waals surface area contributed by atoms with Crippen molar-refractivity contribution in [3.63, 3.8) is 0 Å². The molecule has 0 unspecified atom stereocenters. The van der Waals surface area contributed by atoms with Crippen LogP contribution < -0.4 is 4.90 Å². The van der Waals surface area contributed by atoms with Gasteiger partial charge in [0.2, 0.25) is 5.91 Å². The largest absolute Gasteiger partial charge is 0.477 e. The van der Waals surface area contributed by atoms with Crippen LogP contribution in [0.15, 0.2) is 24.7 Å². The number of amides is 2. The van der Waals surface area contributed by atoms with Crippen LogP contribution in [-0.4, -0.2) is 56.9 Å². The van der Waals surface area contributed by atoms with Crippen LogP contribution in [0, 0.1) is 11.8 Å². The van der Waals surface area contributed by atoms with Crippen LogP contribution in [0.3, 0.4) is 0 Å². The highest BCUT2D eigenvalue weighted by Crippen LogP contribution is 2.41. The summed E-state index contributed by atoms with van der Waals surface area (Å²) in [6.45, 7) is 9.34. The zero-order chi connectivity index (χ0) is 26.0. The van der Waals surface area contributed by atoms with Crippen molar-refractivity contribution in [2.75, 3.05) is 18.0 Å². The summed E-state index contributed by atoms with van der Waals surface area (Å²) in [5, 5.41) is 10.1. The summed E-state index contributed by atoms with van der Waals surface area (Å²) in [5.41, 5.74) is 0.593. The number of nitrogens with zero attached hydrogens (tertiary/aromatic N) is 4. The topological polar surface area (TPSA) is 104 Å². The number of rotatable bonds is 5. The van der Waals surface area contributed by atoms with Crippen LogP contribution >= 0.6 is 11.3 Å². The summed E-state index contributed by atoms with van der Waals surface area (Å²) in [5.74, 6) is -0.629. The molecule has 0 aromatic carbocycles. The molecule has 194 valence electrons. The molecule has 2 aliphatic rings. The van der Waals surface area contributed by atoms with Crippen molar-refractivity contribution in [3.05, 3.63) is 40.1 Å². The summed E-state index contributed by atoms with van der Waals surface area (Å²) in [7, 11) is 0. The van der Waals surface area contributed by atoms with Gasteiger partial charge in [-0.1, -0.05) is 27.7 Å². The highest BCUT2D eigenvalue weighted by molar-refractivity contribution is 7.14. The molecule has 3 heterocycles. The molecule has 1 saturated heterocycles.